The first-order chi connectivity index (χ1) is 22.5. The number of phenols is 2. The van der Waals surface area contributed by atoms with Crippen LogP contribution < -0.4 is 0 Å². The van der Waals surface area contributed by atoms with Crippen LogP contribution in [0.5, 0.6) is 11.5 Å². The van der Waals surface area contributed by atoms with Gasteiger partial charge in [-0.1, -0.05) is 120 Å². The average molecular weight is 675 g/mol. The Morgan fingerprint density at radius 1 is 0.571 bits per heavy atom. The molecule has 4 atom stereocenters. The van der Waals surface area contributed by atoms with Crippen molar-refractivity contribution in [2.75, 3.05) is 13.2 Å². The second-order valence-electron chi connectivity index (χ2n) is 18.7. The highest BCUT2D eigenvalue weighted by atomic mass is 16.5. The maximum Gasteiger partial charge on any atom is 0.306 e. The standard InChI is InChI=1S/C43H62O6/c1-40(2,3)32-19-26(20-33(38(32)46)41(4,5)6)13-17-36(44)48-24-30-28-15-16-29(23-28)31(30)25-49-37(45)18-14-27-21-34(42(7,8)9)39(47)35(22-27)43(10,11)12/h15-16,19-22,28-31,46-47H,13-14,17-18,23-25H2,1-12H3. The number of esters is 2. The zero-order chi connectivity index (χ0) is 36.7. The van der Waals surface area contributed by atoms with Crippen LogP contribution in [0.2, 0.25) is 0 Å². The first kappa shape index (κ1) is 38.5. The van der Waals surface area contributed by atoms with E-state index < -0.39 is 0 Å². The molecule has 4 unspecified atom stereocenters. The van der Waals surface area contributed by atoms with Gasteiger partial charge < -0.3 is 19.7 Å². The number of allylic oxidation sites excluding steroid dienone is 2. The van der Waals surface area contributed by atoms with E-state index >= 15 is 0 Å². The van der Waals surface area contributed by atoms with Crippen LogP contribution in [-0.2, 0) is 53.6 Å². The molecule has 270 valence electrons. The second-order valence-corrected chi connectivity index (χ2v) is 18.7. The van der Waals surface area contributed by atoms with Gasteiger partial charge in [-0.3, -0.25) is 9.59 Å². The topological polar surface area (TPSA) is 93.1 Å². The minimum atomic E-state index is -0.233. The van der Waals surface area contributed by atoms with Gasteiger partial charge in [0.1, 0.15) is 11.5 Å². The van der Waals surface area contributed by atoms with Gasteiger partial charge in [0.05, 0.1) is 13.2 Å². The Bertz CT molecular complexity index is 1370. The number of rotatable bonds is 10. The zero-order valence-electron chi connectivity index (χ0n) is 32.3. The molecule has 2 aliphatic carbocycles. The smallest absolute Gasteiger partial charge is 0.306 e. The maximum atomic E-state index is 13.0. The lowest BCUT2D eigenvalue weighted by atomic mass is 9.78. The molecule has 0 aliphatic heterocycles. The molecule has 0 heterocycles. The number of hydrogen-bond donors (Lipinski definition) is 2. The fourth-order valence-electron chi connectivity index (χ4n) is 7.50. The molecule has 1 fully saturated rings. The normalized spacial score (nSPS) is 20.9. The summed E-state index contributed by atoms with van der Waals surface area (Å²) in [6.45, 7) is 25.7. The minimum absolute atomic E-state index is 0.126. The van der Waals surface area contributed by atoms with Crippen LogP contribution in [-0.4, -0.2) is 35.4 Å². The molecule has 2 aromatic carbocycles. The highest BCUT2D eigenvalue weighted by molar-refractivity contribution is 5.70. The van der Waals surface area contributed by atoms with Crippen LogP contribution >= 0.6 is 0 Å². The van der Waals surface area contributed by atoms with Crippen molar-refractivity contribution >= 4 is 11.9 Å². The van der Waals surface area contributed by atoms with Crippen molar-refractivity contribution in [1.29, 1.82) is 0 Å². The Hall–Kier alpha value is -3.28. The summed E-state index contributed by atoms with van der Waals surface area (Å²) in [5.41, 5.74) is 4.68. The summed E-state index contributed by atoms with van der Waals surface area (Å²) in [5.74, 6) is 1.12. The molecule has 0 amide bonds. The van der Waals surface area contributed by atoms with E-state index in [1.54, 1.807) is 0 Å². The van der Waals surface area contributed by atoms with E-state index in [1.807, 2.05) is 24.3 Å². The van der Waals surface area contributed by atoms with Gasteiger partial charge in [-0.2, -0.15) is 0 Å². The van der Waals surface area contributed by atoms with Gasteiger partial charge in [-0.15, -0.1) is 0 Å². The van der Waals surface area contributed by atoms with Crippen molar-refractivity contribution < 1.29 is 29.3 Å². The van der Waals surface area contributed by atoms with Crippen molar-refractivity contribution in [3.63, 3.8) is 0 Å². The number of carbonyl (C=O) groups excluding carboxylic acids is 2. The molecule has 0 spiro atoms. The van der Waals surface area contributed by atoms with Gasteiger partial charge in [-0.25, -0.2) is 0 Å². The second kappa shape index (κ2) is 14.2. The molecule has 1 saturated carbocycles. The summed E-state index contributed by atoms with van der Waals surface area (Å²) >= 11 is 0. The number of ether oxygens (including phenoxy) is 2. The third-order valence-corrected chi connectivity index (χ3v) is 10.5. The van der Waals surface area contributed by atoms with Gasteiger partial charge in [0.25, 0.3) is 0 Å². The average Bonchev–Trinajstić information content (AvgIpc) is 3.57. The summed E-state index contributed by atoms with van der Waals surface area (Å²) < 4.78 is 11.7. The largest absolute Gasteiger partial charge is 0.507 e. The van der Waals surface area contributed by atoms with Crippen molar-refractivity contribution in [3.8, 4) is 11.5 Å². The highest BCUT2D eigenvalue weighted by Gasteiger charge is 2.45. The Morgan fingerprint density at radius 3 is 1.12 bits per heavy atom. The van der Waals surface area contributed by atoms with Crippen LogP contribution in [0.4, 0.5) is 0 Å². The molecule has 2 aromatic rings. The van der Waals surface area contributed by atoms with Gasteiger partial charge >= 0.3 is 11.9 Å². The van der Waals surface area contributed by atoms with Crippen LogP contribution in [0.25, 0.3) is 0 Å². The van der Waals surface area contributed by atoms with E-state index in [-0.39, 0.29) is 58.3 Å². The van der Waals surface area contributed by atoms with E-state index in [0.29, 0.717) is 49.4 Å². The van der Waals surface area contributed by atoms with E-state index in [2.05, 4.69) is 95.2 Å². The number of fused-ring (bicyclic) bond motifs is 2. The predicted molar refractivity (Wildman–Crippen MR) is 197 cm³/mol. The lowest BCUT2D eigenvalue weighted by Gasteiger charge is -2.28. The molecule has 0 radical (unpaired) electrons. The van der Waals surface area contributed by atoms with Gasteiger partial charge in [0.2, 0.25) is 0 Å². The van der Waals surface area contributed by atoms with Crippen molar-refractivity contribution in [3.05, 3.63) is 69.8 Å². The molecule has 2 N–H and O–H groups in total. The van der Waals surface area contributed by atoms with E-state index in [4.69, 9.17) is 9.47 Å². The lowest BCUT2D eigenvalue weighted by Crippen LogP contribution is -2.30. The Kier molecular flexibility index (Phi) is 11.1. The van der Waals surface area contributed by atoms with Crippen molar-refractivity contribution in [2.45, 2.75) is 137 Å². The third kappa shape index (κ3) is 9.29. The molecule has 0 saturated heterocycles. The molecule has 49 heavy (non-hydrogen) atoms. The minimum Gasteiger partial charge on any atom is -0.507 e. The van der Waals surface area contributed by atoms with E-state index in [9.17, 15) is 19.8 Å². The number of aryl methyl sites for hydroxylation is 2. The molecular weight excluding hydrogens is 612 g/mol. The van der Waals surface area contributed by atoms with Crippen LogP contribution in [0.15, 0.2) is 36.4 Å². The quantitative estimate of drug-likeness (QED) is 0.193. The SMILES string of the molecule is CC(C)(C)c1cc(CCC(=O)OCC2C3C=CC(C3)C2COC(=O)CCc2cc(C(C)(C)C)c(O)c(C(C)(C)C)c2)cc(C(C)(C)C)c1O. The van der Waals surface area contributed by atoms with Crippen molar-refractivity contribution in [2.24, 2.45) is 23.7 Å². The van der Waals surface area contributed by atoms with Crippen molar-refractivity contribution in [1.82, 2.24) is 0 Å². The fourth-order valence-corrected chi connectivity index (χ4v) is 7.50. The number of hydrogen-bond acceptors (Lipinski definition) is 6. The highest BCUT2D eigenvalue weighted by Crippen LogP contribution is 2.48. The first-order valence-corrected chi connectivity index (χ1v) is 18.2. The molecular formula is C43H62O6. The van der Waals surface area contributed by atoms with Gasteiger partial charge in [-0.05, 0) is 86.1 Å². The van der Waals surface area contributed by atoms with Crippen LogP contribution in [0.3, 0.4) is 0 Å². The van der Waals surface area contributed by atoms with Gasteiger partial charge in [0.15, 0.2) is 0 Å². The molecule has 0 aromatic heterocycles. The Balaban J connectivity index is 1.34. The number of carbonyl (C=O) groups is 2. The summed E-state index contributed by atoms with van der Waals surface area (Å²) in [6.07, 6.45) is 7.06. The van der Waals surface area contributed by atoms with E-state index in [0.717, 1.165) is 39.8 Å². The molecule has 2 bridgehead atoms. The van der Waals surface area contributed by atoms with Crippen LogP contribution in [0, 0.1) is 23.7 Å². The lowest BCUT2D eigenvalue weighted by molar-refractivity contribution is -0.149. The number of benzene rings is 2. The predicted octanol–water partition coefficient (Wildman–Crippen LogP) is 9.38. The van der Waals surface area contributed by atoms with Gasteiger partial charge in [0, 0.05) is 24.7 Å². The molecule has 6 nitrogen and oxygen atoms in total. The fraction of sp³-hybridized carbons (Fsp3) is 0.628. The van der Waals surface area contributed by atoms with Crippen LogP contribution in [0.1, 0.15) is 136 Å². The summed E-state index contributed by atoms with van der Waals surface area (Å²) in [4.78, 5) is 26.0. The Morgan fingerprint density at radius 2 is 0.857 bits per heavy atom. The third-order valence-electron chi connectivity index (χ3n) is 10.5. The summed E-state index contributed by atoms with van der Waals surface area (Å²) in [5, 5.41) is 22.1. The number of phenolic OH excluding ortho intramolecular Hbond substituents is 2. The molecule has 2 aliphatic rings. The Labute approximate surface area is 295 Å². The first-order valence-electron chi connectivity index (χ1n) is 18.2. The monoisotopic (exact) mass is 674 g/mol. The summed E-state index contributed by atoms with van der Waals surface area (Å²) in [7, 11) is 0. The van der Waals surface area contributed by atoms with E-state index in [1.165, 1.54) is 0 Å². The maximum absolute atomic E-state index is 13.0. The zero-order valence-corrected chi connectivity index (χ0v) is 32.3. The molecule has 4 rings (SSSR count). The summed E-state index contributed by atoms with van der Waals surface area (Å²) in [6, 6.07) is 8.10. The molecule has 6 heteroatoms. The number of aromatic hydroxyl groups is 2.